The fraction of sp³-hybridized carbons (Fsp3) is 0.538. The summed E-state index contributed by atoms with van der Waals surface area (Å²) in [7, 11) is 0. The van der Waals surface area contributed by atoms with Gasteiger partial charge in [-0.2, -0.15) is 8.78 Å². The number of alkyl halides is 2. The van der Waals surface area contributed by atoms with E-state index in [1.54, 1.807) is 12.1 Å². The van der Waals surface area contributed by atoms with Crippen molar-refractivity contribution in [1.82, 2.24) is 5.32 Å². The van der Waals surface area contributed by atoms with Gasteiger partial charge in [0.05, 0.1) is 6.10 Å². The topological polar surface area (TPSA) is 41.5 Å². The predicted molar refractivity (Wildman–Crippen MR) is 71.2 cm³/mol. The fourth-order valence-corrected chi connectivity index (χ4v) is 2.58. The number of ether oxygens (including phenoxy) is 1. The van der Waals surface area contributed by atoms with Crippen molar-refractivity contribution in [3.05, 3.63) is 28.2 Å². The number of aliphatic hydroxyl groups is 1. The Morgan fingerprint density at radius 3 is 2.79 bits per heavy atom. The van der Waals surface area contributed by atoms with Crippen LogP contribution in [0.3, 0.4) is 0 Å². The summed E-state index contributed by atoms with van der Waals surface area (Å²) < 4.78 is 29.9. The van der Waals surface area contributed by atoms with E-state index < -0.39 is 6.61 Å². The van der Waals surface area contributed by atoms with Gasteiger partial charge in [0.2, 0.25) is 0 Å². The van der Waals surface area contributed by atoms with Gasteiger partial charge in [-0.15, -0.1) is 0 Å². The maximum absolute atomic E-state index is 12.3. The molecule has 1 fully saturated rings. The van der Waals surface area contributed by atoms with E-state index in [2.05, 4.69) is 26.0 Å². The SMILES string of the molecule is OC1CC(CNCc2cc(Br)ccc2OC(F)F)C1. The number of aliphatic hydroxyl groups excluding tert-OH is 1. The van der Waals surface area contributed by atoms with Gasteiger partial charge < -0.3 is 15.2 Å². The summed E-state index contributed by atoms with van der Waals surface area (Å²) in [5.41, 5.74) is 0.689. The van der Waals surface area contributed by atoms with E-state index >= 15 is 0 Å². The van der Waals surface area contributed by atoms with E-state index in [1.165, 1.54) is 6.07 Å². The monoisotopic (exact) mass is 335 g/mol. The van der Waals surface area contributed by atoms with Crippen molar-refractivity contribution in [3.63, 3.8) is 0 Å². The molecule has 1 saturated carbocycles. The quantitative estimate of drug-likeness (QED) is 0.839. The lowest BCUT2D eigenvalue weighted by Gasteiger charge is -2.31. The molecule has 0 aliphatic heterocycles. The second-order valence-corrected chi connectivity index (χ2v) is 5.67. The van der Waals surface area contributed by atoms with Crippen LogP contribution in [0.15, 0.2) is 22.7 Å². The summed E-state index contributed by atoms with van der Waals surface area (Å²) >= 11 is 3.31. The Morgan fingerprint density at radius 2 is 2.16 bits per heavy atom. The molecular formula is C13H16BrF2NO2. The highest BCUT2D eigenvalue weighted by atomic mass is 79.9. The van der Waals surface area contributed by atoms with Crippen molar-refractivity contribution in [2.75, 3.05) is 6.54 Å². The van der Waals surface area contributed by atoms with E-state index in [4.69, 9.17) is 0 Å². The average Bonchev–Trinajstić information content (AvgIpc) is 2.29. The van der Waals surface area contributed by atoms with Gasteiger partial charge in [-0.25, -0.2) is 0 Å². The molecule has 3 nitrogen and oxygen atoms in total. The Balaban J connectivity index is 1.88. The zero-order valence-corrected chi connectivity index (χ0v) is 11.9. The standard InChI is InChI=1S/C13H16BrF2NO2/c14-10-1-2-12(19-13(15)16)9(5-10)7-17-6-8-3-11(18)4-8/h1-2,5,8,11,13,17-18H,3-4,6-7H2. The van der Waals surface area contributed by atoms with Gasteiger partial charge in [-0.05, 0) is 43.5 Å². The zero-order chi connectivity index (χ0) is 13.8. The largest absolute Gasteiger partial charge is 0.434 e. The molecule has 0 unspecified atom stereocenters. The van der Waals surface area contributed by atoms with Crippen molar-refractivity contribution in [2.24, 2.45) is 5.92 Å². The van der Waals surface area contributed by atoms with E-state index in [9.17, 15) is 13.9 Å². The van der Waals surface area contributed by atoms with Gasteiger partial charge >= 0.3 is 6.61 Å². The molecule has 0 atom stereocenters. The third-order valence-corrected chi connectivity index (χ3v) is 3.69. The molecule has 6 heteroatoms. The van der Waals surface area contributed by atoms with E-state index in [0.29, 0.717) is 18.0 Å². The molecule has 2 rings (SSSR count). The first kappa shape index (κ1) is 14.7. The highest BCUT2D eigenvalue weighted by Gasteiger charge is 2.26. The van der Waals surface area contributed by atoms with Crippen LogP contribution in [0.1, 0.15) is 18.4 Å². The highest BCUT2D eigenvalue weighted by molar-refractivity contribution is 9.10. The van der Waals surface area contributed by atoms with Crippen LogP contribution < -0.4 is 10.1 Å². The Bertz CT molecular complexity index is 425. The fourth-order valence-electron chi connectivity index (χ4n) is 2.18. The number of halogens is 3. The lowest BCUT2D eigenvalue weighted by molar-refractivity contribution is -0.0505. The first-order valence-corrected chi connectivity index (χ1v) is 6.96. The second-order valence-electron chi connectivity index (χ2n) is 4.75. The molecule has 1 aliphatic rings. The smallest absolute Gasteiger partial charge is 0.387 e. The molecule has 0 spiro atoms. The molecule has 0 bridgehead atoms. The van der Waals surface area contributed by atoms with Crippen molar-refractivity contribution in [2.45, 2.75) is 32.1 Å². The van der Waals surface area contributed by atoms with Gasteiger partial charge in [0, 0.05) is 16.6 Å². The first-order chi connectivity index (χ1) is 9.04. The molecule has 0 aromatic heterocycles. The van der Waals surface area contributed by atoms with E-state index in [-0.39, 0.29) is 11.9 Å². The number of nitrogens with one attached hydrogen (secondary N) is 1. The molecular weight excluding hydrogens is 320 g/mol. The van der Waals surface area contributed by atoms with E-state index in [0.717, 1.165) is 23.9 Å². The lowest BCUT2D eigenvalue weighted by atomic mass is 9.82. The van der Waals surface area contributed by atoms with Crippen LogP contribution >= 0.6 is 15.9 Å². The van der Waals surface area contributed by atoms with Crippen LogP contribution in [-0.2, 0) is 6.54 Å². The molecule has 0 amide bonds. The highest BCUT2D eigenvalue weighted by Crippen LogP contribution is 2.27. The van der Waals surface area contributed by atoms with Gasteiger partial charge in [-0.3, -0.25) is 0 Å². The second kappa shape index (κ2) is 6.63. The first-order valence-electron chi connectivity index (χ1n) is 6.16. The van der Waals surface area contributed by atoms with Crippen LogP contribution in [0, 0.1) is 5.92 Å². The molecule has 2 N–H and O–H groups in total. The molecule has 0 heterocycles. The van der Waals surface area contributed by atoms with E-state index in [1.807, 2.05) is 0 Å². The van der Waals surface area contributed by atoms with Gasteiger partial charge in [0.25, 0.3) is 0 Å². The third kappa shape index (κ3) is 4.40. The van der Waals surface area contributed by atoms with Crippen LogP contribution in [-0.4, -0.2) is 24.4 Å². The Labute approximate surface area is 119 Å². The Morgan fingerprint density at radius 1 is 1.42 bits per heavy atom. The lowest BCUT2D eigenvalue weighted by Crippen LogP contribution is -2.35. The summed E-state index contributed by atoms with van der Waals surface area (Å²) in [6, 6.07) is 4.96. The van der Waals surface area contributed by atoms with Crippen molar-refractivity contribution in [3.8, 4) is 5.75 Å². The minimum Gasteiger partial charge on any atom is -0.434 e. The third-order valence-electron chi connectivity index (χ3n) is 3.20. The number of rotatable bonds is 6. The van der Waals surface area contributed by atoms with Crippen LogP contribution in [0.4, 0.5) is 8.78 Å². The molecule has 1 aliphatic carbocycles. The maximum Gasteiger partial charge on any atom is 0.387 e. The summed E-state index contributed by atoms with van der Waals surface area (Å²) in [5, 5.41) is 12.4. The zero-order valence-electron chi connectivity index (χ0n) is 10.3. The molecule has 1 aromatic carbocycles. The average molecular weight is 336 g/mol. The molecule has 0 radical (unpaired) electrons. The van der Waals surface area contributed by atoms with Gasteiger partial charge in [-0.1, -0.05) is 15.9 Å². The Kier molecular flexibility index (Phi) is 5.13. The summed E-state index contributed by atoms with van der Waals surface area (Å²) in [4.78, 5) is 0. The van der Waals surface area contributed by atoms with Gasteiger partial charge in [0.15, 0.2) is 0 Å². The van der Waals surface area contributed by atoms with Crippen LogP contribution in [0.25, 0.3) is 0 Å². The number of hydrogen-bond donors (Lipinski definition) is 2. The van der Waals surface area contributed by atoms with Crippen LogP contribution in [0.5, 0.6) is 5.75 Å². The molecule has 19 heavy (non-hydrogen) atoms. The van der Waals surface area contributed by atoms with Gasteiger partial charge in [0.1, 0.15) is 5.75 Å². The molecule has 1 aromatic rings. The number of hydrogen-bond acceptors (Lipinski definition) is 3. The summed E-state index contributed by atoms with van der Waals surface area (Å²) in [6.45, 7) is -1.58. The van der Waals surface area contributed by atoms with Crippen LogP contribution in [0.2, 0.25) is 0 Å². The minimum absolute atomic E-state index is 0.171. The summed E-state index contributed by atoms with van der Waals surface area (Å²) in [6.07, 6.45) is 1.45. The number of benzene rings is 1. The molecule has 106 valence electrons. The normalized spacial score (nSPS) is 22.4. The van der Waals surface area contributed by atoms with Crippen molar-refractivity contribution < 1.29 is 18.6 Å². The maximum atomic E-state index is 12.3. The van der Waals surface area contributed by atoms with Crippen molar-refractivity contribution >= 4 is 15.9 Å². The Hall–Kier alpha value is -0.720. The minimum atomic E-state index is -2.82. The molecule has 0 saturated heterocycles. The predicted octanol–water partition coefficient (Wildman–Crippen LogP) is 2.91. The summed E-state index contributed by atoms with van der Waals surface area (Å²) in [5.74, 6) is 0.668. The van der Waals surface area contributed by atoms with Crippen molar-refractivity contribution in [1.29, 1.82) is 0 Å².